The first-order chi connectivity index (χ1) is 17.1. The highest BCUT2D eigenvalue weighted by Crippen LogP contribution is 2.38. The third kappa shape index (κ3) is 5.60. The van der Waals surface area contributed by atoms with Crippen molar-refractivity contribution in [3.8, 4) is 0 Å². The summed E-state index contributed by atoms with van der Waals surface area (Å²) in [6, 6.07) is 18.0. The largest absolute Gasteiger partial charge is 0.330 e. The Balaban J connectivity index is 1.64. The number of benzene rings is 2. The van der Waals surface area contributed by atoms with Crippen molar-refractivity contribution in [3.63, 3.8) is 0 Å². The van der Waals surface area contributed by atoms with Gasteiger partial charge in [-0.05, 0) is 77.6 Å². The van der Waals surface area contributed by atoms with Crippen molar-refractivity contribution in [2.75, 3.05) is 13.1 Å². The number of hydrogen-bond acceptors (Lipinski definition) is 3. The van der Waals surface area contributed by atoms with Crippen molar-refractivity contribution >= 4 is 39.1 Å². The van der Waals surface area contributed by atoms with Crippen LogP contribution in [-0.2, 0) is 16.6 Å². The zero-order valence-corrected chi connectivity index (χ0v) is 24.2. The van der Waals surface area contributed by atoms with Gasteiger partial charge in [-0.2, -0.15) is 0 Å². The van der Waals surface area contributed by atoms with Crippen molar-refractivity contribution in [2.45, 2.75) is 65.0 Å². The molecule has 0 spiro atoms. The normalized spacial score (nSPS) is 16.4. The van der Waals surface area contributed by atoms with Gasteiger partial charge in [-0.25, -0.2) is 0 Å². The van der Waals surface area contributed by atoms with Crippen LogP contribution in [0.2, 0.25) is 0 Å². The summed E-state index contributed by atoms with van der Waals surface area (Å²) in [7, 11) is 0. The molecule has 0 saturated carbocycles. The average Bonchev–Trinajstić information content (AvgIpc) is 3.34. The lowest BCUT2D eigenvalue weighted by Crippen LogP contribution is -2.49. The Labute approximate surface area is 227 Å². The van der Waals surface area contributed by atoms with E-state index >= 15 is 0 Å². The van der Waals surface area contributed by atoms with Crippen LogP contribution >= 0.6 is 27.3 Å². The molecule has 2 amide bonds. The molecule has 0 fully saturated rings. The van der Waals surface area contributed by atoms with E-state index in [1.54, 1.807) is 16.2 Å². The number of nitrogens with zero attached hydrogens (tertiary/aromatic N) is 2. The van der Waals surface area contributed by atoms with Gasteiger partial charge < -0.3 is 9.80 Å². The second-order valence-electron chi connectivity index (χ2n) is 10.6. The smallest absolute Gasteiger partial charge is 0.254 e. The predicted molar refractivity (Wildman–Crippen MR) is 152 cm³/mol. The topological polar surface area (TPSA) is 40.6 Å². The summed E-state index contributed by atoms with van der Waals surface area (Å²) in [5, 5.41) is 2.12. The Morgan fingerprint density at radius 1 is 1.08 bits per heavy atom. The molecule has 0 N–H and O–H groups in total. The molecule has 4 rings (SSSR count). The van der Waals surface area contributed by atoms with Crippen LogP contribution in [0.15, 0.2) is 64.5 Å². The summed E-state index contributed by atoms with van der Waals surface area (Å²) in [5.74, 6) is -0.118. The van der Waals surface area contributed by atoms with Gasteiger partial charge in [-0.15, -0.1) is 11.3 Å². The summed E-state index contributed by atoms with van der Waals surface area (Å²) in [4.78, 5) is 32.4. The zero-order valence-electron chi connectivity index (χ0n) is 21.8. The Hall–Kier alpha value is -2.44. The predicted octanol–water partition coefficient (Wildman–Crippen LogP) is 7.22. The molecule has 0 unspecified atom stereocenters. The Bertz CT molecular complexity index is 1210. The van der Waals surface area contributed by atoms with E-state index < -0.39 is 0 Å². The first-order valence-electron chi connectivity index (χ1n) is 12.6. The molecule has 0 bridgehead atoms. The lowest BCUT2D eigenvalue weighted by Gasteiger charge is -2.38. The van der Waals surface area contributed by atoms with Crippen molar-refractivity contribution in [2.24, 2.45) is 0 Å². The molecule has 0 saturated heterocycles. The molecule has 190 valence electrons. The van der Waals surface area contributed by atoms with Crippen LogP contribution in [0.5, 0.6) is 0 Å². The highest BCUT2D eigenvalue weighted by molar-refractivity contribution is 9.10. The number of fused-ring (bicyclic) bond motifs is 1. The van der Waals surface area contributed by atoms with Gasteiger partial charge in [0.15, 0.2) is 0 Å². The molecule has 3 aromatic rings. The molecular formula is C30H35BrN2O2S. The van der Waals surface area contributed by atoms with E-state index in [-0.39, 0.29) is 35.9 Å². The van der Waals surface area contributed by atoms with Crippen LogP contribution in [0.3, 0.4) is 0 Å². The number of halogens is 1. The van der Waals surface area contributed by atoms with Crippen molar-refractivity contribution in [1.29, 1.82) is 0 Å². The van der Waals surface area contributed by atoms with Crippen LogP contribution in [0.4, 0.5) is 0 Å². The number of hydrogen-bond donors (Lipinski definition) is 0. The summed E-state index contributed by atoms with van der Waals surface area (Å²) in [5.41, 5.74) is 4.26. The molecule has 4 nitrogen and oxygen atoms in total. The van der Waals surface area contributed by atoms with Gasteiger partial charge in [0, 0.05) is 27.5 Å². The molecule has 2 atom stereocenters. The van der Waals surface area contributed by atoms with E-state index in [1.807, 2.05) is 36.1 Å². The van der Waals surface area contributed by atoms with Crippen molar-refractivity contribution in [1.82, 2.24) is 9.80 Å². The lowest BCUT2D eigenvalue weighted by atomic mass is 9.85. The number of thiophene rings is 1. The molecule has 0 radical (unpaired) electrons. The maximum Gasteiger partial charge on any atom is 0.254 e. The third-order valence-electron chi connectivity index (χ3n) is 7.16. The minimum Gasteiger partial charge on any atom is -0.330 e. The molecule has 6 heteroatoms. The molecule has 2 aromatic carbocycles. The first-order valence-corrected chi connectivity index (χ1v) is 14.3. The van der Waals surface area contributed by atoms with E-state index in [0.717, 1.165) is 22.9 Å². The summed E-state index contributed by atoms with van der Waals surface area (Å²) in [6.45, 7) is 11.4. The maximum atomic E-state index is 13.9. The average molecular weight is 568 g/mol. The van der Waals surface area contributed by atoms with Gasteiger partial charge in [0.25, 0.3) is 5.91 Å². The summed E-state index contributed by atoms with van der Waals surface area (Å²) < 4.78 is 0.922. The second-order valence-corrected chi connectivity index (χ2v) is 12.5. The van der Waals surface area contributed by atoms with Crippen LogP contribution < -0.4 is 0 Å². The molecular weight excluding hydrogens is 532 g/mol. The van der Waals surface area contributed by atoms with Gasteiger partial charge in [-0.1, -0.05) is 67.9 Å². The summed E-state index contributed by atoms with van der Waals surface area (Å²) in [6.07, 6.45) is 1.63. The highest BCUT2D eigenvalue weighted by atomic mass is 79.9. The monoisotopic (exact) mass is 566 g/mol. The molecule has 1 aliphatic rings. The van der Waals surface area contributed by atoms with Crippen LogP contribution in [0.25, 0.3) is 0 Å². The van der Waals surface area contributed by atoms with E-state index in [1.165, 1.54) is 16.0 Å². The lowest BCUT2D eigenvalue weighted by molar-refractivity contribution is -0.134. The van der Waals surface area contributed by atoms with Crippen LogP contribution in [0, 0.1) is 0 Å². The summed E-state index contributed by atoms with van der Waals surface area (Å²) >= 11 is 5.20. The number of carbonyl (C=O) groups excluding carboxylic acids is 2. The Morgan fingerprint density at radius 3 is 2.36 bits per heavy atom. The van der Waals surface area contributed by atoms with E-state index in [0.29, 0.717) is 12.1 Å². The molecule has 0 aliphatic carbocycles. The van der Waals surface area contributed by atoms with Gasteiger partial charge in [0.1, 0.15) is 6.54 Å². The van der Waals surface area contributed by atoms with Gasteiger partial charge >= 0.3 is 0 Å². The minimum absolute atomic E-state index is 0.0116. The van der Waals surface area contributed by atoms with Gasteiger partial charge in [-0.3, -0.25) is 9.59 Å². The molecule has 2 heterocycles. The molecule has 1 aromatic heterocycles. The van der Waals surface area contributed by atoms with E-state index in [2.05, 4.69) is 79.3 Å². The quantitative estimate of drug-likeness (QED) is 0.316. The maximum absolute atomic E-state index is 13.9. The Morgan fingerprint density at radius 2 is 1.75 bits per heavy atom. The SMILES string of the molecule is CC[C@H](C)N(CC(=O)N1CCc2sccc2[C@H]1c1ccc(C(C)(C)C)cc1)C(=O)c1ccc(Br)cc1. The fourth-order valence-electron chi connectivity index (χ4n) is 4.75. The van der Waals surface area contributed by atoms with Gasteiger partial charge in [0.05, 0.1) is 6.04 Å². The standard InChI is InChI=1S/C30H35BrN2O2S/c1-6-20(2)33(29(35)22-9-13-24(31)14-10-22)19-27(34)32-17-15-26-25(16-18-36-26)28(32)21-7-11-23(12-8-21)30(3,4)5/h7-14,16,18,20,28H,6,15,17,19H2,1-5H3/t20-,28+/m0/s1. The second kappa shape index (κ2) is 10.9. The minimum atomic E-state index is -0.136. The third-order valence-corrected chi connectivity index (χ3v) is 8.68. The van der Waals surface area contributed by atoms with E-state index in [9.17, 15) is 9.59 Å². The number of amides is 2. The van der Waals surface area contributed by atoms with Crippen LogP contribution in [-0.4, -0.2) is 40.7 Å². The molecule has 1 aliphatic heterocycles. The zero-order chi connectivity index (χ0) is 26.0. The van der Waals surface area contributed by atoms with Crippen molar-refractivity contribution in [3.05, 3.63) is 91.6 Å². The first kappa shape index (κ1) is 26.6. The van der Waals surface area contributed by atoms with Gasteiger partial charge in [0.2, 0.25) is 5.91 Å². The fourth-order valence-corrected chi connectivity index (χ4v) is 5.92. The fraction of sp³-hybridized carbons (Fsp3) is 0.400. The van der Waals surface area contributed by atoms with Crippen molar-refractivity contribution < 1.29 is 9.59 Å². The number of carbonyl (C=O) groups is 2. The van der Waals surface area contributed by atoms with E-state index in [4.69, 9.17) is 0 Å². The number of rotatable bonds is 6. The molecule has 36 heavy (non-hydrogen) atoms. The Kier molecular flexibility index (Phi) is 8.06. The highest BCUT2D eigenvalue weighted by Gasteiger charge is 2.35. The van der Waals surface area contributed by atoms with Crippen LogP contribution in [0.1, 0.15) is 79.0 Å².